The maximum Gasteiger partial charge on any atom is 0.337 e. The van der Waals surface area contributed by atoms with Crippen LogP contribution in [0, 0.1) is 0 Å². The number of carbonyl (C=O) groups excluding carboxylic acids is 2. The molecule has 0 radical (unpaired) electrons. The first-order valence-corrected chi connectivity index (χ1v) is 10.5. The largest absolute Gasteiger partial charge is 0.478 e. The van der Waals surface area contributed by atoms with Gasteiger partial charge in [-0.15, -0.1) is 0 Å². The van der Waals surface area contributed by atoms with Gasteiger partial charge in [0.05, 0.1) is 16.8 Å². The van der Waals surface area contributed by atoms with Crippen molar-refractivity contribution in [3.05, 3.63) is 108 Å². The Morgan fingerprint density at radius 2 is 1.24 bits per heavy atom. The Morgan fingerprint density at radius 3 is 1.79 bits per heavy atom. The van der Waals surface area contributed by atoms with Crippen LogP contribution in [-0.4, -0.2) is 23.0 Å². The van der Waals surface area contributed by atoms with Crippen LogP contribution in [0.15, 0.2) is 97.1 Å². The van der Waals surface area contributed by atoms with Crippen molar-refractivity contribution in [3.8, 4) is 28.0 Å². The first kappa shape index (κ1) is 22.5. The molecule has 6 heteroatoms. The van der Waals surface area contributed by atoms with Gasteiger partial charge in [0.1, 0.15) is 5.75 Å². The SMILES string of the molecule is CC(=O)Oc1ccc(-c2ccccc2)cc1C(=O)Nc1cc(-c2ccccc2)ccc1C(=O)O. The lowest BCUT2D eigenvalue weighted by Crippen LogP contribution is -2.17. The molecule has 2 N–H and O–H groups in total. The molecule has 0 aliphatic carbocycles. The van der Waals surface area contributed by atoms with E-state index in [1.165, 1.54) is 13.0 Å². The Kier molecular flexibility index (Phi) is 6.50. The fourth-order valence-electron chi connectivity index (χ4n) is 3.60. The number of carboxylic acids is 1. The molecule has 0 aliphatic rings. The van der Waals surface area contributed by atoms with Gasteiger partial charge in [-0.25, -0.2) is 4.79 Å². The van der Waals surface area contributed by atoms with Gasteiger partial charge < -0.3 is 15.2 Å². The number of benzene rings is 4. The van der Waals surface area contributed by atoms with Gasteiger partial charge in [0.25, 0.3) is 5.91 Å². The zero-order valence-electron chi connectivity index (χ0n) is 18.3. The van der Waals surface area contributed by atoms with Gasteiger partial charge in [0.2, 0.25) is 0 Å². The molecule has 0 aliphatic heterocycles. The Bertz CT molecular complexity index is 1360. The van der Waals surface area contributed by atoms with E-state index < -0.39 is 17.8 Å². The predicted octanol–water partition coefficient (Wildman–Crippen LogP) is 5.90. The number of esters is 1. The van der Waals surface area contributed by atoms with Crippen molar-refractivity contribution in [1.82, 2.24) is 0 Å². The molecule has 1 amide bonds. The molecule has 0 spiro atoms. The summed E-state index contributed by atoms with van der Waals surface area (Å²) in [4.78, 5) is 36.8. The van der Waals surface area contributed by atoms with E-state index in [1.54, 1.807) is 30.3 Å². The van der Waals surface area contributed by atoms with Crippen LogP contribution in [0.1, 0.15) is 27.6 Å². The second-order valence-electron chi connectivity index (χ2n) is 7.56. The first-order valence-electron chi connectivity index (χ1n) is 10.5. The topological polar surface area (TPSA) is 92.7 Å². The van der Waals surface area contributed by atoms with Crippen molar-refractivity contribution >= 4 is 23.5 Å². The minimum atomic E-state index is -1.17. The number of hydrogen-bond acceptors (Lipinski definition) is 4. The minimum absolute atomic E-state index is 0.0544. The summed E-state index contributed by atoms with van der Waals surface area (Å²) < 4.78 is 5.25. The van der Waals surface area contributed by atoms with Crippen molar-refractivity contribution in [2.45, 2.75) is 6.92 Å². The van der Waals surface area contributed by atoms with Gasteiger partial charge in [-0.05, 0) is 46.5 Å². The van der Waals surface area contributed by atoms with Gasteiger partial charge in [-0.1, -0.05) is 72.8 Å². The molecule has 0 aromatic heterocycles. The van der Waals surface area contributed by atoms with Crippen LogP contribution in [0.3, 0.4) is 0 Å². The number of amides is 1. The lowest BCUT2D eigenvalue weighted by atomic mass is 10.0. The number of rotatable bonds is 6. The maximum absolute atomic E-state index is 13.3. The van der Waals surface area contributed by atoms with Crippen LogP contribution in [0.25, 0.3) is 22.3 Å². The molecule has 6 nitrogen and oxygen atoms in total. The highest BCUT2D eigenvalue weighted by Gasteiger charge is 2.19. The molecular formula is C28H21NO5. The van der Waals surface area contributed by atoms with Gasteiger partial charge in [0.15, 0.2) is 0 Å². The Hall–Kier alpha value is -4.71. The highest BCUT2D eigenvalue weighted by molar-refractivity contribution is 6.10. The van der Waals surface area contributed by atoms with Crippen LogP contribution < -0.4 is 10.1 Å². The van der Waals surface area contributed by atoms with Gasteiger partial charge in [-0.3, -0.25) is 9.59 Å². The normalized spacial score (nSPS) is 10.4. The second kappa shape index (κ2) is 9.83. The van der Waals surface area contributed by atoms with Crippen LogP contribution in [0.5, 0.6) is 5.75 Å². The van der Waals surface area contributed by atoms with E-state index in [-0.39, 0.29) is 22.6 Å². The monoisotopic (exact) mass is 451 g/mol. The molecular weight excluding hydrogens is 430 g/mol. The summed E-state index contributed by atoms with van der Waals surface area (Å²) in [7, 11) is 0. The van der Waals surface area contributed by atoms with Crippen molar-refractivity contribution < 1.29 is 24.2 Å². The fourth-order valence-corrected chi connectivity index (χ4v) is 3.60. The molecule has 0 atom stereocenters. The van der Waals surface area contributed by atoms with Crippen LogP contribution in [-0.2, 0) is 4.79 Å². The zero-order chi connectivity index (χ0) is 24.1. The summed E-state index contributed by atoms with van der Waals surface area (Å²) in [6.07, 6.45) is 0. The number of carbonyl (C=O) groups is 3. The molecule has 4 rings (SSSR count). The van der Waals surface area contributed by atoms with Gasteiger partial charge in [-0.2, -0.15) is 0 Å². The third-order valence-corrected chi connectivity index (χ3v) is 5.19. The van der Waals surface area contributed by atoms with Gasteiger partial charge in [0, 0.05) is 6.92 Å². The third-order valence-electron chi connectivity index (χ3n) is 5.19. The van der Waals surface area contributed by atoms with E-state index in [0.717, 1.165) is 22.3 Å². The predicted molar refractivity (Wildman–Crippen MR) is 130 cm³/mol. The molecule has 168 valence electrons. The number of aromatic carboxylic acids is 1. The summed E-state index contributed by atoms with van der Waals surface area (Å²) in [5.74, 6) is -2.26. The second-order valence-corrected chi connectivity index (χ2v) is 7.56. The lowest BCUT2D eigenvalue weighted by Gasteiger charge is -2.14. The Labute approximate surface area is 196 Å². The first-order chi connectivity index (χ1) is 16.4. The Morgan fingerprint density at radius 1 is 0.676 bits per heavy atom. The molecule has 34 heavy (non-hydrogen) atoms. The summed E-state index contributed by atoms with van der Waals surface area (Å²) in [6, 6.07) is 28.5. The lowest BCUT2D eigenvalue weighted by molar-refractivity contribution is -0.131. The minimum Gasteiger partial charge on any atom is -0.478 e. The zero-order valence-corrected chi connectivity index (χ0v) is 18.3. The van der Waals surface area contributed by atoms with Crippen LogP contribution in [0.4, 0.5) is 5.69 Å². The van der Waals surface area contributed by atoms with Crippen LogP contribution >= 0.6 is 0 Å². The van der Waals surface area contributed by atoms with Gasteiger partial charge >= 0.3 is 11.9 Å². The summed E-state index contributed by atoms with van der Waals surface area (Å²) >= 11 is 0. The Balaban J connectivity index is 1.75. The van der Waals surface area contributed by atoms with Crippen molar-refractivity contribution in [3.63, 3.8) is 0 Å². The van der Waals surface area contributed by atoms with E-state index in [0.29, 0.717) is 0 Å². The highest BCUT2D eigenvalue weighted by atomic mass is 16.5. The maximum atomic E-state index is 13.3. The molecule has 0 unspecified atom stereocenters. The highest BCUT2D eigenvalue weighted by Crippen LogP contribution is 2.30. The average molecular weight is 451 g/mol. The number of anilines is 1. The number of hydrogen-bond donors (Lipinski definition) is 2. The number of ether oxygens (including phenoxy) is 1. The molecule has 0 fully saturated rings. The molecule has 4 aromatic carbocycles. The fraction of sp³-hybridized carbons (Fsp3) is 0.0357. The molecule has 0 heterocycles. The quantitative estimate of drug-likeness (QED) is 0.281. The van der Waals surface area contributed by atoms with E-state index in [9.17, 15) is 19.5 Å². The molecule has 0 bridgehead atoms. The van der Waals surface area contributed by atoms with E-state index in [2.05, 4.69) is 5.32 Å². The van der Waals surface area contributed by atoms with Crippen molar-refractivity contribution in [2.75, 3.05) is 5.32 Å². The van der Waals surface area contributed by atoms with Crippen molar-refractivity contribution in [2.24, 2.45) is 0 Å². The van der Waals surface area contributed by atoms with E-state index in [4.69, 9.17) is 4.74 Å². The molecule has 4 aromatic rings. The van der Waals surface area contributed by atoms with Crippen LogP contribution in [0.2, 0.25) is 0 Å². The third kappa shape index (κ3) is 5.02. The summed E-state index contributed by atoms with van der Waals surface area (Å²) in [5, 5.41) is 12.4. The van der Waals surface area contributed by atoms with E-state index >= 15 is 0 Å². The van der Waals surface area contributed by atoms with Crippen molar-refractivity contribution in [1.29, 1.82) is 0 Å². The molecule has 0 saturated carbocycles. The molecule has 0 saturated heterocycles. The number of carboxylic acid groups (broad SMARTS) is 1. The standard InChI is InChI=1S/C28H21NO5/c1-18(30)34-26-15-13-21(19-8-4-2-5-9-19)16-24(26)27(31)29-25-17-22(12-14-23(25)28(32)33)20-10-6-3-7-11-20/h2-17H,1H3,(H,29,31)(H,32,33). The van der Waals surface area contributed by atoms with E-state index in [1.807, 2.05) is 60.7 Å². The summed E-state index contributed by atoms with van der Waals surface area (Å²) in [6.45, 7) is 1.25. The smallest absolute Gasteiger partial charge is 0.337 e. The average Bonchev–Trinajstić information content (AvgIpc) is 2.85. The number of nitrogens with one attached hydrogen (secondary N) is 1. The summed E-state index contributed by atoms with van der Waals surface area (Å²) in [5.41, 5.74) is 3.44.